The van der Waals surface area contributed by atoms with Crippen LogP contribution < -0.4 is 15.2 Å². The molecule has 1 atom stereocenters. The molecule has 0 radical (unpaired) electrons. The molecule has 0 aromatic heterocycles. The Kier molecular flexibility index (Phi) is 3.78. The molecule has 1 fully saturated rings. The lowest BCUT2D eigenvalue weighted by atomic mass is 9.86. The fourth-order valence-electron chi connectivity index (χ4n) is 2.67. The molecule has 1 aromatic carbocycles. The molecule has 1 unspecified atom stereocenters. The van der Waals surface area contributed by atoms with Gasteiger partial charge in [-0.05, 0) is 31.0 Å². The number of hydrogen-bond acceptors (Lipinski definition) is 4. The minimum absolute atomic E-state index is 0.542. The lowest BCUT2D eigenvalue weighted by Crippen LogP contribution is -2.43. The van der Waals surface area contributed by atoms with Crippen molar-refractivity contribution in [3.63, 3.8) is 0 Å². The van der Waals surface area contributed by atoms with Gasteiger partial charge in [-0.3, -0.25) is 0 Å². The molecule has 3 N–H and O–H groups in total. The van der Waals surface area contributed by atoms with Crippen LogP contribution in [0.25, 0.3) is 0 Å². The average Bonchev–Trinajstić information content (AvgIpc) is 2.85. The zero-order valence-corrected chi connectivity index (χ0v) is 11.0. The van der Waals surface area contributed by atoms with Crippen LogP contribution in [0.2, 0.25) is 0 Å². The molecule has 2 rings (SSSR count). The Morgan fingerprint density at radius 1 is 1.22 bits per heavy atom. The van der Waals surface area contributed by atoms with Crippen molar-refractivity contribution in [3.8, 4) is 11.5 Å². The van der Waals surface area contributed by atoms with Crippen LogP contribution in [0.5, 0.6) is 11.5 Å². The van der Waals surface area contributed by atoms with Crippen molar-refractivity contribution in [3.05, 3.63) is 23.8 Å². The monoisotopic (exact) mass is 251 g/mol. The largest absolute Gasteiger partial charge is 0.497 e. The second-order valence-electron chi connectivity index (χ2n) is 4.95. The summed E-state index contributed by atoms with van der Waals surface area (Å²) in [5.74, 6) is 1.35. The van der Waals surface area contributed by atoms with Gasteiger partial charge in [0.25, 0.3) is 0 Å². The Labute approximate surface area is 108 Å². The maximum atomic E-state index is 10.6. The summed E-state index contributed by atoms with van der Waals surface area (Å²) in [4.78, 5) is 0. The fourth-order valence-corrected chi connectivity index (χ4v) is 2.67. The molecule has 0 bridgehead atoms. The quantitative estimate of drug-likeness (QED) is 0.859. The maximum Gasteiger partial charge on any atom is 0.125 e. The number of aliphatic hydroxyl groups excluding tert-OH is 1. The molecule has 100 valence electrons. The van der Waals surface area contributed by atoms with Crippen molar-refractivity contribution in [2.45, 2.75) is 37.3 Å². The second kappa shape index (κ2) is 5.16. The highest BCUT2D eigenvalue weighted by atomic mass is 16.5. The highest BCUT2D eigenvalue weighted by Gasteiger charge is 2.38. The van der Waals surface area contributed by atoms with Crippen molar-refractivity contribution in [1.29, 1.82) is 0 Å². The standard InChI is InChI=1S/C14H21NO3/c1-17-10-5-6-12(18-2)11(9-10)13(16)14(15)7-3-4-8-14/h5-6,9,13,16H,3-4,7-8,15H2,1-2H3. The Balaban J connectivity index is 2.35. The molecule has 0 spiro atoms. The first-order valence-electron chi connectivity index (χ1n) is 6.29. The third kappa shape index (κ3) is 2.31. The van der Waals surface area contributed by atoms with Crippen LogP contribution in [0.3, 0.4) is 0 Å². The van der Waals surface area contributed by atoms with Crippen LogP contribution in [-0.4, -0.2) is 24.9 Å². The van der Waals surface area contributed by atoms with Gasteiger partial charge in [0.1, 0.15) is 17.6 Å². The van der Waals surface area contributed by atoms with E-state index in [1.54, 1.807) is 26.4 Å². The predicted octanol–water partition coefficient (Wildman–Crippen LogP) is 2.01. The zero-order valence-electron chi connectivity index (χ0n) is 11.0. The van der Waals surface area contributed by atoms with E-state index in [0.29, 0.717) is 17.1 Å². The van der Waals surface area contributed by atoms with Gasteiger partial charge < -0.3 is 20.3 Å². The molecule has 18 heavy (non-hydrogen) atoms. The number of benzene rings is 1. The highest BCUT2D eigenvalue weighted by Crippen LogP contribution is 2.41. The predicted molar refractivity (Wildman–Crippen MR) is 69.9 cm³/mol. The Hall–Kier alpha value is -1.26. The van der Waals surface area contributed by atoms with Gasteiger partial charge in [0, 0.05) is 11.1 Å². The molecule has 0 heterocycles. The average molecular weight is 251 g/mol. The summed E-state index contributed by atoms with van der Waals surface area (Å²) in [5, 5.41) is 10.6. The molecule has 1 aliphatic carbocycles. The van der Waals surface area contributed by atoms with E-state index >= 15 is 0 Å². The third-order valence-electron chi connectivity index (χ3n) is 3.81. The molecule has 1 aliphatic rings. The summed E-state index contributed by atoms with van der Waals surface area (Å²) in [6, 6.07) is 5.42. The van der Waals surface area contributed by atoms with Crippen LogP contribution in [0.1, 0.15) is 37.4 Å². The SMILES string of the molecule is COc1ccc(OC)c(C(O)C2(N)CCCC2)c1. The van der Waals surface area contributed by atoms with Gasteiger partial charge in [-0.25, -0.2) is 0 Å². The number of hydrogen-bond donors (Lipinski definition) is 2. The Morgan fingerprint density at radius 2 is 1.89 bits per heavy atom. The summed E-state index contributed by atoms with van der Waals surface area (Å²) >= 11 is 0. The summed E-state index contributed by atoms with van der Waals surface area (Å²) in [5.41, 5.74) is 6.47. The van der Waals surface area contributed by atoms with E-state index in [0.717, 1.165) is 25.7 Å². The molecule has 0 aliphatic heterocycles. The Bertz CT molecular complexity index is 414. The topological polar surface area (TPSA) is 64.7 Å². The molecule has 1 aromatic rings. The van der Waals surface area contributed by atoms with Gasteiger partial charge in [0.2, 0.25) is 0 Å². The maximum absolute atomic E-state index is 10.6. The van der Waals surface area contributed by atoms with Gasteiger partial charge in [0.05, 0.1) is 14.2 Å². The fraction of sp³-hybridized carbons (Fsp3) is 0.571. The van der Waals surface area contributed by atoms with Crippen molar-refractivity contribution >= 4 is 0 Å². The van der Waals surface area contributed by atoms with E-state index in [1.807, 2.05) is 6.07 Å². The van der Waals surface area contributed by atoms with Crippen molar-refractivity contribution in [2.75, 3.05) is 14.2 Å². The molecule has 4 heteroatoms. The van der Waals surface area contributed by atoms with Crippen molar-refractivity contribution < 1.29 is 14.6 Å². The molecule has 0 amide bonds. The first kappa shape index (κ1) is 13.2. The van der Waals surface area contributed by atoms with E-state index in [4.69, 9.17) is 15.2 Å². The third-order valence-corrected chi connectivity index (χ3v) is 3.81. The van der Waals surface area contributed by atoms with E-state index in [-0.39, 0.29) is 0 Å². The van der Waals surface area contributed by atoms with E-state index in [2.05, 4.69) is 0 Å². The summed E-state index contributed by atoms with van der Waals surface area (Å²) in [7, 11) is 3.20. The van der Waals surface area contributed by atoms with Crippen LogP contribution in [0.15, 0.2) is 18.2 Å². The normalized spacial score (nSPS) is 19.6. The van der Waals surface area contributed by atoms with E-state index in [9.17, 15) is 5.11 Å². The molecule has 4 nitrogen and oxygen atoms in total. The summed E-state index contributed by atoms with van der Waals surface area (Å²) < 4.78 is 10.5. The number of nitrogens with two attached hydrogens (primary N) is 1. The van der Waals surface area contributed by atoms with Crippen LogP contribution >= 0.6 is 0 Å². The first-order valence-corrected chi connectivity index (χ1v) is 6.29. The van der Waals surface area contributed by atoms with Crippen LogP contribution in [0.4, 0.5) is 0 Å². The molecular formula is C14H21NO3. The lowest BCUT2D eigenvalue weighted by Gasteiger charge is -2.31. The summed E-state index contributed by atoms with van der Waals surface area (Å²) in [6.07, 6.45) is 3.10. The van der Waals surface area contributed by atoms with E-state index in [1.165, 1.54) is 0 Å². The number of methoxy groups -OCH3 is 2. The molecular weight excluding hydrogens is 230 g/mol. The molecule has 0 saturated heterocycles. The number of rotatable bonds is 4. The molecule has 1 saturated carbocycles. The van der Waals surface area contributed by atoms with Crippen LogP contribution in [0, 0.1) is 0 Å². The first-order chi connectivity index (χ1) is 8.60. The highest BCUT2D eigenvalue weighted by molar-refractivity contribution is 5.43. The smallest absolute Gasteiger partial charge is 0.125 e. The Morgan fingerprint density at radius 3 is 2.44 bits per heavy atom. The lowest BCUT2D eigenvalue weighted by molar-refractivity contribution is 0.0844. The van der Waals surface area contributed by atoms with Gasteiger partial charge in [-0.2, -0.15) is 0 Å². The van der Waals surface area contributed by atoms with Crippen molar-refractivity contribution in [1.82, 2.24) is 0 Å². The minimum Gasteiger partial charge on any atom is -0.497 e. The number of ether oxygens (including phenoxy) is 2. The minimum atomic E-state index is -0.718. The van der Waals surface area contributed by atoms with E-state index < -0.39 is 11.6 Å². The van der Waals surface area contributed by atoms with Gasteiger partial charge in [0.15, 0.2) is 0 Å². The number of aliphatic hydroxyl groups is 1. The zero-order chi connectivity index (χ0) is 13.2. The van der Waals surface area contributed by atoms with Gasteiger partial charge in [-0.15, -0.1) is 0 Å². The second-order valence-corrected chi connectivity index (χ2v) is 4.95. The van der Waals surface area contributed by atoms with Gasteiger partial charge >= 0.3 is 0 Å². The van der Waals surface area contributed by atoms with Crippen molar-refractivity contribution in [2.24, 2.45) is 5.73 Å². The van der Waals surface area contributed by atoms with Crippen LogP contribution in [-0.2, 0) is 0 Å². The summed E-state index contributed by atoms with van der Waals surface area (Å²) in [6.45, 7) is 0. The van der Waals surface area contributed by atoms with Gasteiger partial charge in [-0.1, -0.05) is 12.8 Å².